The quantitative estimate of drug-likeness (QED) is 0.846. The van der Waals surface area contributed by atoms with Gasteiger partial charge in [-0.05, 0) is 24.3 Å². The lowest BCUT2D eigenvalue weighted by molar-refractivity contribution is -0.141. The second kappa shape index (κ2) is 6.35. The largest absolute Gasteiger partial charge is 0.433 e. The van der Waals surface area contributed by atoms with Crippen molar-refractivity contribution in [1.82, 2.24) is 9.97 Å². The number of rotatable bonds is 2. The predicted molar refractivity (Wildman–Crippen MR) is 82.6 cm³/mol. The summed E-state index contributed by atoms with van der Waals surface area (Å²) in [6, 6.07) is 9.42. The minimum Gasteiger partial charge on any atom is -0.353 e. The molecule has 0 saturated carbocycles. The Hall–Kier alpha value is -2.82. The summed E-state index contributed by atoms with van der Waals surface area (Å²) in [4.78, 5) is 11.8. The van der Waals surface area contributed by atoms with Crippen molar-refractivity contribution < 1.29 is 13.2 Å². The van der Waals surface area contributed by atoms with Gasteiger partial charge in [0.15, 0.2) is 0 Å². The summed E-state index contributed by atoms with van der Waals surface area (Å²) < 4.78 is 38.3. The molecule has 2 aromatic heterocycles. The predicted octanol–water partition coefficient (Wildman–Crippen LogP) is 2.69. The maximum Gasteiger partial charge on any atom is 0.433 e. The van der Waals surface area contributed by atoms with Gasteiger partial charge < -0.3 is 9.80 Å². The van der Waals surface area contributed by atoms with Gasteiger partial charge in [-0.1, -0.05) is 6.07 Å². The zero-order chi connectivity index (χ0) is 17.2. The van der Waals surface area contributed by atoms with Crippen molar-refractivity contribution in [3.63, 3.8) is 0 Å². The molecule has 1 aliphatic heterocycles. The fourth-order valence-electron chi connectivity index (χ4n) is 2.56. The molecule has 124 valence electrons. The van der Waals surface area contributed by atoms with Crippen LogP contribution < -0.4 is 9.80 Å². The van der Waals surface area contributed by atoms with E-state index in [9.17, 15) is 13.2 Å². The van der Waals surface area contributed by atoms with Crippen molar-refractivity contribution in [2.75, 3.05) is 36.0 Å². The average molecular weight is 333 g/mol. The number of piperazine rings is 1. The van der Waals surface area contributed by atoms with E-state index in [1.165, 1.54) is 12.3 Å². The van der Waals surface area contributed by atoms with Gasteiger partial charge in [-0.25, -0.2) is 9.97 Å². The first-order valence-electron chi connectivity index (χ1n) is 7.38. The normalized spacial score (nSPS) is 15.2. The van der Waals surface area contributed by atoms with Crippen molar-refractivity contribution in [2.45, 2.75) is 6.18 Å². The van der Waals surface area contributed by atoms with E-state index in [0.29, 0.717) is 37.6 Å². The van der Waals surface area contributed by atoms with Crippen LogP contribution in [-0.2, 0) is 6.18 Å². The van der Waals surface area contributed by atoms with Crippen molar-refractivity contribution in [3.8, 4) is 6.07 Å². The zero-order valence-electron chi connectivity index (χ0n) is 12.7. The summed E-state index contributed by atoms with van der Waals surface area (Å²) in [7, 11) is 0. The molecule has 0 aliphatic carbocycles. The Morgan fingerprint density at radius 1 is 0.958 bits per heavy atom. The Morgan fingerprint density at radius 3 is 2.17 bits per heavy atom. The van der Waals surface area contributed by atoms with Crippen LogP contribution in [0.25, 0.3) is 0 Å². The van der Waals surface area contributed by atoms with E-state index in [1.54, 1.807) is 18.2 Å². The number of hydrogen-bond donors (Lipinski definition) is 0. The molecular weight excluding hydrogens is 319 g/mol. The van der Waals surface area contributed by atoms with E-state index < -0.39 is 11.9 Å². The van der Waals surface area contributed by atoms with Gasteiger partial charge in [0.1, 0.15) is 23.4 Å². The monoisotopic (exact) mass is 333 g/mol. The summed E-state index contributed by atoms with van der Waals surface area (Å²) in [6.07, 6.45) is -2.93. The molecule has 24 heavy (non-hydrogen) atoms. The number of nitriles is 1. The maximum absolute atomic E-state index is 12.8. The highest BCUT2D eigenvalue weighted by Crippen LogP contribution is 2.29. The summed E-state index contributed by atoms with van der Waals surface area (Å²) in [6.45, 7) is 2.35. The van der Waals surface area contributed by atoms with Crippen LogP contribution in [0.2, 0.25) is 0 Å². The Kier molecular flexibility index (Phi) is 4.25. The van der Waals surface area contributed by atoms with Crippen LogP contribution in [0.5, 0.6) is 0 Å². The van der Waals surface area contributed by atoms with E-state index in [0.717, 1.165) is 11.9 Å². The first-order valence-corrected chi connectivity index (χ1v) is 7.38. The second-order valence-corrected chi connectivity index (χ2v) is 5.37. The Morgan fingerprint density at radius 2 is 1.62 bits per heavy atom. The highest BCUT2D eigenvalue weighted by molar-refractivity contribution is 5.46. The molecular formula is C16H14F3N5. The van der Waals surface area contributed by atoms with Gasteiger partial charge in [0.2, 0.25) is 0 Å². The molecule has 0 spiro atoms. The lowest BCUT2D eigenvalue weighted by atomic mass is 10.2. The van der Waals surface area contributed by atoms with Crippen LogP contribution in [0.15, 0.2) is 36.5 Å². The molecule has 0 amide bonds. The first kappa shape index (κ1) is 16.1. The van der Waals surface area contributed by atoms with Crippen LogP contribution in [0.4, 0.5) is 24.8 Å². The third kappa shape index (κ3) is 3.40. The molecule has 0 N–H and O–H groups in total. The van der Waals surface area contributed by atoms with Crippen molar-refractivity contribution in [3.05, 3.63) is 47.8 Å². The molecule has 5 nitrogen and oxygen atoms in total. The third-order valence-electron chi connectivity index (χ3n) is 3.83. The zero-order valence-corrected chi connectivity index (χ0v) is 12.7. The summed E-state index contributed by atoms with van der Waals surface area (Å²) in [5.74, 6) is 1.09. The Labute approximate surface area is 137 Å². The van der Waals surface area contributed by atoms with Crippen LogP contribution in [0.3, 0.4) is 0 Å². The molecule has 0 bridgehead atoms. The number of halogens is 3. The van der Waals surface area contributed by atoms with Crippen LogP contribution in [-0.4, -0.2) is 36.1 Å². The molecule has 0 radical (unpaired) electrons. The topological polar surface area (TPSA) is 56.1 Å². The lowest BCUT2D eigenvalue weighted by Gasteiger charge is -2.36. The van der Waals surface area contributed by atoms with E-state index in [-0.39, 0.29) is 0 Å². The van der Waals surface area contributed by atoms with Gasteiger partial charge in [-0.2, -0.15) is 18.4 Å². The molecule has 2 aromatic rings. The van der Waals surface area contributed by atoms with Crippen molar-refractivity contribution >= 4 is 11.6 Å². The lowest BCUT2D eigenvalue weighted by Crippen LogP contribution is -2.47. The Bertz CT molecular complexity index is 744. The molecule has 8 heteroatoms. The van der Waals surface area contributed by atoms with Gasteiger partial charge >= 0.3 is 6.18 Å². The minimum absolute atomic E-state index is 0.331. The fraction of sp³-hybridized carbons (Fsp3) is 0.312. The molecule has 0 aromatic carbocycles. The van der Waals surface area contributed by atoms with Crippen molar-refractivity contribution in [1.29, 1.82) is 5.26 Å². The van der Waals surface area contributed by atoms with E-state index in [4.69, 9.17) is 5.26 Å². The SMILES string of the molecule is N#Cc1ccc(N2CCN(c3cccc(C(F)(F)F)n3)CC2)nc1. The number of nitrogens with zero attached hydrogens (tertiary/aromatic N) is 5. The van der Waals surface area contributed by atoms with Gasteiger partial charge in [-0.15, -0.1) is 0 Å². The summed E-state index contributed by atoms with van der Waals surface area (Å²) in [5.41, 5.74) is -0.387. The molecule has 1 saturated heterocycles. The standard InChI is InChI=1S/C16H14F3N5/c17-16(18,19)13-2-1-3-15(22-13)24-8-6-23(7-9-24)14-5-4-12(10-20)11-21-14/h1-5,11H,6-9H2. The van der Waals surface area contributed by atoms with Gasteiger partial charge in [0, 0.05) is 32.4 Å². The molecule has 0 unspecified atom stereocenters. The van der Waals surface area contributed by atoms with Crippen LogP contribution in [0.1, 0.15) is 11.3 Å². The summed E-state index contributed by atoms with van der Waals surface area (Å²) >= 11 is 0. The van der Waals surface area contributed by atoms with E-state index in [2.05, 4.69) is 9.97 Å². The fourth-order valence-corrected chi connectivity index (χ4v) is 2.56. The number of pyridine rings is 2. The highest BCUT2D eigenvalue weighted by atomic mass is 19.4. The van der Waals surface area contributed by atoms with E-state index in [1.807, 2.05) is 15.9 Å². The second-order valence-electron chi connectivity index (χ2n) is 5.37. The number of aromatic nitrogens is 2. The maximum atomic E-state index is 12.8. The first-order chi connectivity index (χ1) is 11.5. The van der Waals surface area contributed by atoms with Gasteiger partial charge in [0.25, 0.3) is 0 Å². The third-order valence-corrected chi connectivity index (χ3v) is 3.83. The average Bonchev–Trinajstić information content (AvgIpc) is 2.61. The number of alkyl halides is 3. The molecule has 3 rings (SSSR count). The number of hydrogen-bond acceptors (Lipinski definition) is 5. The van der Waals surface area contributed by atoms with Gasteiger partial charge in [0.05, 0.1) is 5.56 Å². The molecule has 0 atom stereocenters. The summed E-state index contributed by atoms with van der Waals surface area (Å²) in [5, 5.41) is 8.78. The minimum atomic E-state index is -4.44. The molecule has 1 aliphatic rings. The molecule has 1 fully saturated rings. The van der Waals surface area contributed by atoms with E-state index >= 15 is 0 Å². The van der Waals surface area contributed by atoms with Gasteiger partial charge in [-0.3, -0.25) is 0 Å². The molecule has 3 heterocycles. The van der Waals surface area contributed by atoms with Crippen LogP contribution >= 0.6 is 0 Å². The smallest absolute Gasteiger partial charge is 0.353 e. The van der Waals surface area contributed by atoms with Crippen molar-refractivity contribution in [2.24, 2.45) is 0 Å². The highest BCUT2D eigenvalue weighted by Gasteiger charge is 2.33. The number of anilines is 2. The Balaban J connectivity index is 1.68. The van der Waals surface area contributed by atoms with Crippen LogP contribution in [0, 0.1) is 11.3 Å².